The van der Waals surface area contributed by atoms with E-state index in [1.807, 2.05) is 0 Å². The van der Waals surface area contributed by atoms with Gasteiger partial charge in [-0.3, -0.25) is 19.7 Å². The van der Waals surface area contributed by atoms with Gasteiger partial charge < -0.3 is 10.6 Å². The number of nitrogens with one attached hydrogen (secondary N) is 2. The van der Waals surface area contributed by atoms with Crippen molar-refractivity contribution in [1.29, 1.82) is 0 Å². The van der Waals surface area contributed by atoms with Gasteiger partial charge in [0.1, 0.15) is 5.69 Å². The molecule has 0 aliphatic rings. The summed E-state index contributed by atoms with van der Waals surface area (Å²) in [6.07, 6.45) is 0.0185. The molecule has 2 rings (SSSR count). The predicted molar refractivity (Wildman–Crippen MR) is 85.1 cm³/mol. The van der Waals surface area contributed by atoms with Crippen LogP contribution in [0.15, 0.2) is 54.6 Å². The number of nitro groups is 1. The normalized spacial score (nSPS) is 9.91. The van der Waals surface area contributed by atoms with Gasteiger partial charge >= 0.3 is 0 Å². The lowest BCUT2D eigenvalue weighted by Gasteiger charge is -2.07. The molecule has 0 unspecified atom stereocenters. The van der Waals surface area contributed by atoms with Crippen molar-refractivity contribution >= 4 is 23.2 Å². The van der Waals surface area contributed by atoms with Gasteiger partial charge in [-0.25, -0.2) is 0 Å². The number of nitrogens with zero attached hydrogens (tertiary/aromatic N) is 1. The molecule has 7 nitrogen and oxygen atoms in total. The number of nitro benzene ring substituents is 1. The molecule has 0 spiro atoms. The van der Waals surface area contributed by atoms with Crippen LogP contribution >= 0.6 is 0 Å². The molecular formula is C16H15N3O4. The largest absolute Gasteiger partial charge is 0.352 e. The first-order valence-electron chi connectivity index (χ1n) is 6.94. The van der Waals surface area contributed by atoms with Crippen molar-refractivity contribution in [3.05, 3.63) is 70.3 Å². The Hall–Kier alpha value is -3.22. The van der Waals surface area contributed by atoms with Crippen LogP contribution in [0.5, 0.6) is 0 Å². The summed E-state index contributed by atoms with van der Waals surface area (Å²) in [4.78, 5) is 33.9. The smallest absolute Gasteiger partial charge is 0.292 e. The molecular weight excluding hydrogens is 298 g/mol. The van der Waals surface area contributed by atoms with Crippen LogP contribution in [0.25, 0.3) is 0 Å². The molecule has 0 saturated carbocycles. The van der Waals surface area contributed by atoms with Gasteiger partial charge in [0.15, 0.2) is 0 Å². The number of hydrogen-bond donors (Lipinski definition) is 2. The van der Waals surface area contributed by atoms with Crippen molar-refractivity contribution in [2.75, 3.05) is 11.9 Å². The average molecular weight is 313 g/mol. The fraction of sp³-hybridized carbons (Fsp3) is 0.125. The van der Waals surface area contributed by atoms with E-state index in [1.165, 1.54) is 18.2 Å². The summed E-state index contributed by atoms with van der Waals surface area (Å²) in [5.41, 5.74) is 0.470. The van der Waals surface area contributed by atoms with E-state index >= 15 is 0 Å². The Morgan fingerprint density at radius 2 is 1.65 bits per heavy atom. The summed E-state index contributed by atoms with van der Waals surface area (Å²) >= 11 is 0. The number of amides is 2. The Morgan fingerprint density at radius 3 is 2.35 bits per heavy atom. The highest BCUT2D eigenvalue weighted by atomic mass is 16.6. The van der Waals surface area contributed by atoms with Crippen LogP contribution in [0.1, 0.15) is 16.8 Å². The van der Waals surface area contributed by atoms with Crippen LogP contribution < -0.4 is 10.6 Å². The molecule has 0 radical (unpaired) electrons. The molecule has 0 aliphatic carbocycles. The second kappa shape index (κ2) is 7.69. The van der Waals surface area contributed by atoms with Crippen molar-refractivity contribution in [2.45, 2.75) is 6.42 Å². The standard InChI is InChI=1S/C16H15N3O4/c20-15(18-13-8-4-5-9-14(13)19(22)23)10-11-17-16(21)12-6-2-1-3-7-12/h1-9H,10-11H2,(H,17,21)(H,18,20). The zero-order chi connectivity index (χ0) is 16.7. The third-order valence-electron chi connectivity index (χ3n) is 3.05. The maximum atomic E-state index is 11.8. The van der Waals surface area contributed by atoms with E-state index in [-0.39, 0.29) is 30.2 Å². The van der Waals surface area contributed by atoms with Gasteiger partial charge in [0.05, 0.1) is 4.92 Å². The average Bonchev–Trinajstić information content (AvgIpc) is 2.56. The highest BCUT2D eigenvalue weighted by molar-refractivity contribution is 5.95. The molecule has 7 heteroatoms. The molecule has 2 aromatic rings. The van der Waals surface area contributed by atoms with Crippen LogP contribution in [-0.4, -0.2) is 23.3 Å². The third kappa shape index (κ3) is 4.63. The van der Waals surface area contributed by atoms with E-state index < -0.39 is 10.8 Å². The van der Waals surface area contributed by atoms with Gasteiger partial charge in [0, 0.05) is 24.6 Å². The van der Waals surface area contributed by atoms with Crippen molar-refractivity contribution in [3.8, 4) is 0 Å². The molecule has 2 aromatic carbocycles. The lowest BCUT2D eigenvalue weighted by Crippen LogP contribution is -2.27. The lowest BCUT2D eigenvalue weighted by molar-refractivity contribution is -0.383. The molecule has 2 N–H and O–H groups in total. The van der Waals surface area contributed by atoms with E-state index in [1.54, 1.807) is 36.4 Å². The Balaban J connectivity index is 1.84. The highest BCUT2D eigenvalue weighted by Crippen LogP contribution is 2.23. The zero-order valence-corrected chi connectivity index (χ0v) is 12.2. The molecule has 0 heterocycles. The van der Waals surface area contributed by atoms with Gasteiger partial charge in [0.2, 0.25) is 5.91 Å². The first-order chi connectivity index (χ1) is 11.1. The van der Waals surface area contributed by atoms with E-state index in [0.717, 1.165) is 0 Å². The van der Waals surface area contributed by atoms with Crippen LogP contribution in [-0.2, 0) is 4.79 Å². The second-order valence-electron chi connectivity index (χ2n) is 4.69. The van der Waals surface area contributed by atoms with Gasteiger partial charge in [0.25, 0.3) is 11.6 Å². The maximum Gasteiger partial charge on any atom is 0.292 e. The molecule has 23 heavy (non-hydrogen) atoms. The SMILES string of the molecule is O=C(CCNC(=O)c1ccccc1)Nc1ccccc1[N+](=O)[O-]. The summed E-state index contributed by atoms with van der Waals surface area (Å²) in [5.74, 6) is -0.684. The van der Waals surface area contributed by atoms with E-state index in [2.05, 4.69) is 10.6 Å². The lowest BCUT2D eigenvalue weighted by atomic mass is 10.2. The Morgan fingerprint density at radius 1 is 1.00 bits per heavy atom. The molecule has 0 aliphatic heterocycles. The van der Waals surface area contributed by atoms with Gasteiger partial charge in [-0.15, -0.1) is 0 Å². The van der Waals surface area contributed by atoms with Crippen molar-refractivity contribution in [3.63, 3.8) is 0 Å². The number of hydrogen-bond acceptors (Lipinski definition) is 4. The first kappa shape index (κ1) is 16.2. The summed E-state index contributed by atoms with van der Waals surface area (Å²) in [5, 5.41) is 16.0. The van der Waals surface area contributed by atoms with Crippen molar-refractivity contribution < 1.29 is 14.5 Å². The summed E-state index contributed by atoms with van der Waals surface area (Å²) in [6, 6.07) is 14.5. The molecule has 0 atom stereocenters. The maximum absolute atomic E-state index is 11.8. The topological polar surface area (TPSA) is 101 Å². The first-order valence-corrected chi connectivity index (χ1v) is 6.94. The fourth-order valence-corrected chi connectivity index (χ4v) is 1.93. The summed E-state index contributed by atoms with van der Waals surface area (Å²) in [6.45, 7) is 0.139. The Kier molecular flexibility index (Phi) is 5.40. The van der Waals surface area contributed by atoms with Gasteiger partial charge in [-0.2, -0.15) is 0 Å². The number of anilines is 1. The second-order valence-corrected chi connectivity index (χ2v) is 4.69. The van der Waals surface area contributed by atoms with Crippen LogP contribution in [0.2, 0.25) is 0 Å². The van der Waals surface area contributed by atoms with E-state index in [4.69, 9.17) is 0 Å². The quantitative estimate of drug-likeness (QED) is 0.631. The zero-order valence-electron chi connectivity index (χ0n) is 12.2. The summed E-state index contributed by atoms with van der Waals surface area (Å²) in [7, 11) is 0. The monoisotopic (exact) mass is 313 g/mol. The molecule has 0 aromatic heterocycles. The number of benzene rings is 2. The van der Waals surface area contributed by atoms with Gasteiger partial charge in [-0.1, -0.05) is 30.3 Å². The van der Waals surface area contributed by atoms with Gasteiger partial charge in [-0.05, 0) is 18.2 Å². The van der Waals surface area contributed by atoms with Crippen molar-refractivity contribution in [2.24, 2.45) is 0 Å². The van der Waals surface area contributed by atoms with E-state index in [0.29, 0.717) is 5.56 Å². The third-order valence-corrected chi connectivity index (χ3v) is 3.05. The number of para-hydroxylation sites is 2. The Labute approximate surface area is 132 Å². The molecule has 2 amide bonds. The predicted octanol–water partition coefficient (Wildman–Crippen LogP) is 2.35. The fourth-order valence-electron chi connectivity index (χ4n) is 1.93. The number of carbonyl (C=O) groups excluding carboxylic acids is 2. The van der Waals surface area contributed by atoms with Crippen LogP contribution in [0.3, 0.4) is 0 Å². The van der Waals surface area contributed by atoms with Crippen LogP contribution in [0.4, 0.5) is 11.4 Å². The molecule has 0 saturated heterocycles. The molecule has 0 bridgehead atoms. The molecule has 0 fully saturated rings. The minimum absolute atomic E-state index is 0.0185. The number of rotatable bonds is 6. The molecule has 118 valence electrons. The summed E-state index contributed by atoms with van der Waals surface area (Å²) < 4.78 is 0. The minimum Gasteiger partial charge on any atom is -0.352 e. The highest BCUT2D eigenvalue weighted by Gasteiger charge is 2.14. The van der Waals surface area contributed by atoms with Crippen LogP contribution in [0, 0.1) is 10.1 Å². The van der Waals surface area contributed by atoms with Crippen molar-refractivity contribution in [1.82, 2.24) is 5.32 Å². The number of carbonyl (C=O) groups is 2. The minimum atomic E-state index is -0.563. The van der Waals surface area contributed by atoms with E-state index in [9.17, 15) is 19.7 Å². The Bertz CT molecular complexity index is 716.